The summed E-state index contributed by atoms with van der Waals surface area (Å²) in [6.07, 6.45) is 4.94. The second-order valence-electron chi connectivity index (χ2n) is 7.74. The van der Waals surface area contributed by atoms with Crippen molar-refractivity contribution in [1.29, 1.82) is 0 Å². The van der Waals surface area contributed by atoms with Crippen LogP contribution in [0.15, 0.2) is 48.5 Å². The number of para-hydroxylation sites is 1. The molecule has 132 valence electrons. The molecule has 1 N–H and O–H groups in total. The summed E-state index contributed by atoms with van der Waals surface area (Å²) in [5.41, 5.74) is 6.17. The van der Waals surface area contributed by atoms with Crippen LogP contribution in [0.5, 0.6) is 0 Å². The van der Waals surface area contributed by atoms with E-state index < -0.39 is 0 Å². The van der Waals surface area contributed by atoms with Crippen LogP contribution in [-0.2, 0) is 17.6 Å². The van der Waals surface area contributed by atoms with Gasteiger partial charge in [-0.25, -0.2) is 0 Å². The quantitative estimate of drug-likeness (QED) is 0.732. The van der Waals surface area contributed by atoms with E-state index in [1.54, 1.807) is 0 Å². The average molecular weight is 344 g/mol. The third-order valence-corrected chi connectivity index (χ3v) is 6.02. The normalized spacial score (nSPS) is 18.9. The summed E-state index contributed by atoms with van der Waals surface area (Å²) in [6, 6.07) is 17.6. The van der Waals surface area contributed by atoms with E-state index in [0.717, 1.165) is 42.5 Å². The van der Waals surface area contributed by atoms with Gasteiger partial charge >= 0.3 is 0 Å². The van der Waals surface area contributed by atoms with Crippen molar-refractivity contribution >= 4 is 16.8 Å². The zero-order chi connectivity index (χ0) is 17.7. The number of hydrogen-bond donors (Lipinski definition) is 1. The lowest BCUT2D eigenvalue weighted by atomic mass is 10.0. The Morgan fingerprint density at radius 1 is 1.08 bits per heavy atom. The molecule has 2 aromatic carbocycles. The van der Waals surface area contributed by atoms with E-state index >= 15 is 0 Å². The van der Waals surface area contributed by atoms with E-state index in [1.807, 2.05) is 6.07 Å². The van der Waals surface area contributed by atoms with Crippen LogP contribution in [0.1, 0.15) is 47.7 Å². The van der Waals surface area contributed by atoms with Gasteiger partial charge in [-0.05, 0) is 55.4 Å². The Morgan fingerprint density at radius 3 is 2.69 bits per heavy atom. The van der Waals surface area contributed by atoms with Gasteiger partial charge in [0.15, 0.2) is 0 Å². The highest BCUT2D eigenvalue weighted by molar-refractivity contribution is 5.90. The molecule has 3 nitrogen and oxygen atoms in total. The van der Waals surface area contributed by atoms with E-state index in [-0.39, 0.29) is 11.9 Å². The number of aromatic amines is 1. The third kappa shape index (κ3) is 2.54. The Kier molecular flexibility index (Phi) is 3.63. The maximum absolute atomic E-state index is 13.4. The molecule has 0 radical (unpaired) electrons. The van der Waals surface area contributed by atoms with Gasteiger partial charge in [0.2, 0.25) is 5.91 Å². The van der Waals surface area contributed by atoms with E-state index in [2.05, 4.69) is 59.3 Å². The van der Waals surface area contributed by atoms with Gasteiger partial charge in [0, 0.05) is 22.6 Å². The summed E-state index contributed by atoms with van der Waals surface area (Å²) in [5, 5.41) is 1.18. The number of nitrogens with zero attached hydrogens (tertiary/aromatic N) is 1. The molecule has 2 aliphatic carbocycles. The lowest BCUT2D eigenvalue weighted by Gasteiger charge is -2.30. The lowest BCUT2D eigenvalue weighted by molar-refractivity contribution is -0.133. The molecule has 1 amide bonds. The zero-order valence-electron chi connectivity index (χ0n) is 15.2. The van der Waals surface area contributed by atoms with E-state index in [0.29, 0.717) is 12.5 Å². The number of hydrogen-bond acceptors (Lipinski definition) is 1. The molecule has 3 heteroatoms. The average Bonchev–Trinajstić information content (AvgIpc) is 3.32. The molecule has 2 aliphatic rings. The monoisotopic (exact) mass is 344 g/mol. The summed E-state index contributed by atoms with van der Waals surface area (Å²) in [5.74, 6) is 0.280. The van der Waals surface area contributed by atoms with Gasteiger partial charge in [0.25, 0.3) is 0 Å². The van der Waals surface area contributed by atoms with Crippen LogP contribution < -0.4 is 0 Å². The Morgan fingerprint density at radius 2 is 1.85 bits per heavy atom. The van der Waals surface area contributed by atoms with Crippen LogP contribution in [0.25, 0.3) is 10.9 Å². The second kappa shape index (κ2) is 6.01. The number of rotatable bonds is 4. The van der Waals surface area contributed by atoms with Crippen molar-refractivity contribution < 1.29 is 4.79 Å². The fraction of sp³-hybridized carbons (Fsp3) is 0.348. The van der Waals surface area contributed by atoms with E-state index in [1.165, 1.54) is 16.5 Å². The van der Waals surface area contributed by atoms with Crippen molar-refractivity contribution in [1.82, 2.24) is 9.88 Å². The first-order valence-electron chi connectivity index (χ1n) is 9.67. The number of aryl methyl sites for hydroxylation is 2. The van der Waals surface area contributed by atoms with Crippen LogP contribution in [-0.4, -0.2) is 21.8 Å². The van der Waals surface area contributed by atoms with Crippen LogP contribution >= 0.6 is 0 Å². The minimum Gasteiger partial charge on any atom is -0.358 e. The number of carbonyl (C=O) groups excluding carboxylic acids is 1. The minimum atomic E-state index is 0.261. The van der Waals surface area contributed by atoms with Crippen LogP contribution in [0.3, 0.4) is 0 Å². The number of benzene rings is 2. The molecular formula is C23H24N2O. The van der Waals surface area contributed by atoms with Crippen molar-refractivity contribution in [3.8, 4) is 0 Å². The van der Waals surface area contributed by atoms with E-state index in [9.17, 15) is 4.79 Å². The Hall–Kier alpha value is -2.55. The Balaban J connectivity index is 1.47. The lowest BCUT2D eigenvalue weighted by Crippen LogP contribution is -2.37. The molecule has 5 rings (SSSR count). The third-order valence-electron chi connectivity index (χ3n) is 6.02. The Labute approximate surface area is 154 Å². The topological polar surface area (TPSA) is 36.1 Å². The largest absolute Gasteiger partial charge is 0.358 e. The van der Waals surface area contributed by atoms with Gasteiger partial charge < -0.3 is 9.88 Å². The van der Waals surface area contributed by atoms with Crippen molar-refractivity contribution in [3.63, 3.8) is 0 Å². The summed E-state index contributed by atoms with van der Waals surface area (Å²) in [4.78, 5) is 19.0. The highest BCUT2D eigenvalue weighted by Crippen LogP contribution is 2.42. The summed E-state index contributed by atoms with van der Waals surface area (Å²) >= 11 is 0. The Bertz CT molecular complexity index is 983. The fourth-order valence-electron chi connectivity index (χ4n) is 4.61. The molecule has 0 spiro atoms. The van der Waals surface area contributed by atoms with Crippen molar-refractivity contribution in [2.45, 2.75) is 51.1 Å². The molecule has 0 saturated heterocycles. The van der Waals surface area contributed by atoms with Gasteiger partial charge in [-0.3, -0.25) is 4.79 Å². The fourth-order valence-corrected chi connectivity index (χ4v) is 4.61. The highest BCUT2D eigenvalue weighted by atomic mass is 16.2. The molecule has 1 heterocycles. The summed E-state index contributed by atoms with van der Waals surface area (Å²) < 4.78 is 0. The number of carbonyl (C=O) groups is 1. The van der Waals surface area contributed by atoms with Crippen LogP contribution in [0, 0.1) is 6.92 Å². The first kappa shape index (κ1) is 15.7. The molecular weight excluding hydrogens is 320 g/mol. The van der Waals surface area contributed by atoms with Gasteiger partial charge in [-0.2, -0.15) is 0 Å². The predicted octanol–water partition coefficient (Wildman–Crippen LogP) is 4.70. The number of nitrogens with one attached hydrogen (secondary N) is 1. The van der Waals surface area contributed by atoms with Crippen molar-refractivity contribution in [3.05, 3.63) is 70.9 Å². The van der Waals surface area contributed by atoms with Gasteiger partial charge in [0.1, 0.15) is 0 Å². The number of fused-ring (bicyclic) bond motifs is 2. The van der Waals surface area contributed by atoms with Crippen LogP contribution in [0.2, 0.25) is 0 Å². The maximum atomic E-state index is 13.4. The molecule has 1 atom stereocenters. The molecule has 0 aliphatic heterocycles. The minimum absolute atomic E-state index is 0.261. The number of H-pyrrole nitrogens is 1. The van der Waals surface area contributed by atoms with Gasteiger partial charge in [0.05, 0.1) is 12.5 Å². The van der Waals surface area contributed by atoms with Gasteiger partial charge in [-0.1, -0.05) is 42.5 Å². The highest BCUT2D eigenvalue weighted by Gasteiger charge is 2.40. The maximum Gasteiger partial charge on any atom is 0.227 e. The molecule has 1 saturated carbocycles. The number of aromatic nitrogens is 1. The van der Waals surface area contributed by atoms with Crippen LogP contribution in [0.4, 0.5) is 0 Å². The molecule has 1 aromatic heterocycles. The SMILES string of the molecule is Cc1[nH]c2ccccc2c1CC(=O)N(C1CC1)C1CCc2ccccc21. The molecule has 1 unspecified atom stereocenters. The standard InChI is InChI=1S/C23H24N2O/c1-15-20(19-8-4-5-9-21(19)24-15)14-23(26)25(17-11-12-17)22-13-10-16-6-2-3-7-18(16)22/h2-9,17,22,24H,10-14H2,1H3. The molecule has 0 bridgehead atoms. The summed E-state index contributed by atoms with van der Waals surface area (Å²) in [7, 11) is 0. The first-order valence-corrected chi connectivity index (χ1v) is 9.67. The van der Waals surface area contributed by atoms with Crippen molar-refractivity contribution in [2.24, 2.45) is 0 Å². The number of amides is 1. The molecule has 26 heavy (non-hydrogen) atoms. The van der Waals surface area contributed by atoms with Crippen molar-refractivity contribution in [2.75, 3.05) is 0 Å². The second-order valence-corrected chi connectivity index (χ2v) is 7.74. The molecule has 3 aromatic rings. The smallest absolute Gasteiger partial charge is 0.227 e. The summed E-state index contributed by atoms with van der Waals surface area (Å²) in [6.45, 7) is 2.08. The molecule has 1 fully saturated rings. The van der Waals surface area contributed by atoms with E-state index in [4.69, 9.17) is 0 Å². The first-order chi connectivity index (χ1) is 12.7. The van der Waals surface area contributed by atoms with Gasteiger partial charge in [-0.15, -0.1) is 0 Å². The zero-order valence-corrected chi connectivity index (χ0v) is 15.2. The predicted molar refractivity (Wildman–Crippen MR) is 104 cm³/mol.